The van der Waals surface area contributed by atoms with Gasteiger partial charge in [-0.3, -0.25) is 9.20 Å². The summed E-state index contributed by atoms with van der Waals surface area (Å²) in [5.41, 5.74) is 15.8. The topological polar surface area (TPSA) is 31.3 Å². The summed E-state index contributed by atoms with van der Waals surface area (Å²) >= 11 is 0. The van der Waals surface area contributed by atoms with Crippen molar-refractivity contribution in [3.05, 3.63) is 235 Å². The SMILES string of the molecule is O=c1c2ccc(-c3ccccc3)cc2c2cccc3c4cc(-c5ccc(-n6c7ccccc7c7cc(-c8cccc9c8c8ccccc8n9-c8ccccc8)ccc76)cc5)ccc4n1c23. The highest BCUT2D eigenvalue weighted by Crippen LogP contribution is 2.42. The first-order chi connectivity index (χ1) is 32.2. The van der Waals surface area contributed by atoms with Gasteiger partial charge < -0.3 is 9.13 Å². The number of nitrogens with zero attached hydrogens (tertiary/aromatic N) is 3. The Labute approximate surface area is 373 Å². The number of hydrogen-bond acceptors (Lipinski definition) is 1. The van der Waals surface area contributed by atoms with Gasteiger partial charge in [-0.2, -0.15) is 0 Å². The number of aromatic nitrogens is 3. The summed E-state index contributed by atoms with van der Waals surface area (Å²) in [4.78, 5) is 14.3. The molecular formula is C61H37N3O. The number of hydrogen-bond donors (Lipinski definition) is 0. The van der Waals surface area contributed by atoms with Crippen LogP contribution in [-0.4, -0.2) is 13.5 Å². The van der Waals surface area contributed by atoms with Gasteiger partial charge in [0, 0.05) is 54.5 Å². The molecule has 0 amide bonds. The van der Waals surface area contributed by atoms with Crippen molar-refractivity contribution >= 4 is 81.6 Å². The van der Waals surface area contributed by atoms with Crippen molar-refractivity contribution in [2.24, 2.45) is 0 Å². The van der Waals surface area contributed by atoms with Crippen LogP contribution in [0.5, 0.6) is 0 Å². The van der Waals surface area contributed by atoms with Crippen LogP contribution in [-0.2, 0) is 0 Å². The summed E-state index contributed by atoms with van der Waals surface area (Å²) in [6, 6.07) is 80.3. The Hall–Kier alpha value is -8.73. The minimum absolute atomic E-state index is 0.0152. The van der Waals surface area contributed by atoms with Crippen LogP contribution >= 0.6 is 0 Å². The van der Waals surface area contributed by atoms with Crippen molar-refractivity contribution < 1.29 is 0 Å². The zero-order valence-electron chi connectivity index (χ0n) is 35.1. The van der Waals surface area contributed by atoms with E-state index < -0.39 is 0 Å². The Balaban J connectivity index is 0.878. The van der Waals surface area contributed by atoms with Crippen molar-refractivity contribution in [2.45, 2.75) is 0 Å². The van der Waals surface area contributed by atoms with Crippen molar-refractivity contribution in [3.8, 4) is 44.8 Å². The largest absolute Gasteiger partial charge is 0.309 e. The van der Waals surface area contributed by atoms with E-state index in [-0.39, 0.29) is 5.56 Å². The lowest BCUT2D eigenvalue weighted by Crippen LogP contribution is -2.12. The maximum absolute atomic E-state index is 14.3. The van der Waals surface area contributed by atoms with E-state index in [9.17, 15) is 4.79 Å². The Bertz CT molecular complexity index is 4290. The van der Waals surface area contributed by atoms with E-state index in [1.54, 1.807) is 0 Å². The third kappa shape index (κ3) is 5.16. The van der Waals surface area contributed by atoms with Gasteiger partial charge in [0.15, 0.2) is 0 Å². The van der Waals surface area contributed by atoms with Crippen molar-refractivity contribution in [1.29, 1.82) is 0 Å². The molecule has 302 valence electrons. The maximum Gasteiger partial charge on any atom is 0.263 e. The first-order valence-corrected chi connectivity index (χ1v) is 22.2. The highest BCUT2D eigenvalue weighted by Gasteiger charge is 2.20. The lowest BCUT2D eigenvalue weighted by Gasteiger charge is -2.11. The molecule has 4 heteroatoms. The number of para-hydroxylation sites is 4. The molecule has 65 heavy (non-hydrogen) atoms. The molecule has 0 bridgehead atoms. The molecule has 0 N–H and O–H groups in total. The van der Waals surface area contributed by atoms with Gasteiger partial charge in [-0.05, 0) is 118 Å². The van der Waals surface area contributed by atoms with Gasteiger partial charge in [-0.25, -0.2) is 0 Å². The molecule has 0 aliphatic heterocycles. The van der Waals surface area contributed by atoms with Gasteiger partial charge in [-0.1, -0.05) is 146 Å². The second-order valence-corrected chi connectivity index (χ2v) is 17.2. The maximum atomic E-state index is 14.3. The van der Waals surface area contributed by atoms with E-state index in [1.807, 2.05) is 16.5 Å². The van der Waals surface area contributed by atoms with Gasteiger partial charge in [0.05, 0.1) is 33.1 Å². The monoisotopic (exact) mass is 827 g/mol. The molecule has 0 spiro atoms. The van der Waals surface area contributed by atoms with Crippen LogP contribution in [0.15, 0.2) is 229 Å². The van der Waals surface area contributed by atoms with Gasteiger partial charge in [0.1, 0.15) is 0 Å². The summed E-state index contributed by atoms with van der Waals surface area (Å²) in [7, 11) is 0. The molecule has 0 atom stereocenters. The first kappa shape index (κ1) is 35.8. The van der Waals surface area contributed by atoms with E-state index in [2.05, 4.69) is 221 Å². The number of benzene rings is 10. The van der Waals surface area contributed by atoms with Crippen LogP contribution in [0.3, 0.4) is 0 Å². The van der Waals surface area contributed by atoms with Gasteiger partial charge in [0.25, 0.3) is 5.56 Å². The zero-order valence-corrected chi connectivity index (χ0v) is 35.1. The summed E-state index contributed by atoms with van der Waals surface area (Å²) in [6.45, 7) is 0. The van der Waals surface area contributed by atoms with E-state index >= 15 is 0 Å². The fraction of sp³-hybridized carbons (Fsp3) is 0. The van der Waals surface area contributed by atoms with E-state index in [4.69, 9.17) is 0 Å². The second kappa shape index (κ2) is 13.6. The molecule has 0 fully saturated rings. The lowest BCUT2D eigenvalue weighted by molar-refractivity contribution is 1.18. The molecule has 0 saturated carbocycles. The Morgan fingerprint density at radius 3 is 1.57 bits per heavy atom. The van der Waals surface area contributed by atoms with E-state index in [1.165, 1.54) is 54.7 Å². The average molecular weight is 828 g/mol. The Morgan fingerprint density at radius 2 is 0.769 bits per heavy atom. The minimum Gasteiger partial charge on any atom is -0.309 e. The third-order valence-electron chi connectivity index (χ3n) is 13.8. The van der Waals surface area contributed by atoms with Crippen LogP contribution in [0.1, 0.15) is 0 Å². The molecule has 0 aliphatic carbocycles. The quantitative estimate of drug-likeness (QED) is 0.159. The smallest absolute Gasteiger partial charge is 0.263 e. The summed E-state index contributed by atoms with van der Waals surface area (Å²) in [5, 5.41) is 9.91. The van der Waals surface area contributed by atoms with Gasteiger partial charge in [-0.15, -0.1) is 0 Å². The first-order valence-electron chi connectivity index (χ1n) is 22.2. The molecule has 4 aromatic heterocycles. The van der Waals surface area contributed by atoms with Crippen molar-refractivity contribution in [1.82, 2.24) is 13.5 Å². The normalized spacial score (nSPS) is 12.1. The van der Waals surface area contributed by atoms with Gasteiger partial charge in [0.2, 0.25) is 0 Å². The summed E-state index contributed by atoms with van der Waals surface area (Å²) in [5.74, 6) is 0. The molecule has 0 unspecified atom stereocenters. The molecule has 4 nitrogen and oxygen atoms in total. The zero-order chi connectivity index (χ0) is 42.8. The van der Waals surface area contributed by atoms with Crippen molar-refractivity contribution in [3.63, 3.8) is 0 Å². The molecule has 0 radical (unpaired) electrons. The second-order valence-electron chi connectivity index (χ2n) is 17.2. The molecule has 0 aliphatic rings. The Morgan fingerprint density at radius 1 is 0.277 bits per heavy atom. The predicted molar refractivity (Wildman–Crippen MR) is 272 cm³/mol. The molecular weight excluding hydrogens is 791 g/mol. The Kier molecular flexibility index (Phi) is 7.51. The number of rotatable bonds is 5. The highest BCUT2D eigenvalue weighted by molar-refractivity contribution is 6.21. The molecule has 4 heterocycles. The molecule has 14 aromatic rings. The standard InChI is InChI=1S/C61H37N3O/c65-61-49-32-27-40(38-13-3-1-4-14-38)35-51(49)47-20-11-21-48-53-36-41(28-33-57(53)64(61)60(47)48)39-25-30-44(31-26-39)62-54-22-9-7-17-46(54)52-37-42(29-34-56(52)62)45-19-12-24-58-59(45)50-18-8-10-23-55(50)63(58)43-15-5-2-6-16-43/h1-37H. The van der Waals surface area contributed by atoms with Gasteiger partial charge >= 0.3 is 0 Å². The van der Waals surface area contributed by atoms with Crippen LogP contribution < -0.4 is 5.56 Å². The fourth-order valence-corrected chi connectivity index (χ4v) is 10.9. The summed E-state index contributed by atoms with van der Waals surface area (Å²) in [6.07, 6.45) is 0. The average Bonchev–Trinajstić information content (AvgIpc) is 4.02. The molecule has 10 aromatic carbocycles. The molecule has 0 saturated heterocycles. The lowest BCUT2D eigenvalue weighted by atomic mass is 9.98. The van der Waals surface area contributed by atoms with Crippen LogP contribution in [0, 0.1) is 0 Å². The van der Waals surface area contributed by atoms with Crippen LogP contribution in [0.25, 0.3) is 126 Å². The van der Waals surface area contributed by atoms with Crippen LogP contribution in [0.4, 0.5) is 0 Å². The van der Waals surface area contributed by atoms with Crippen molar-refractivity contribution in [2.75, 3.05) is 0 Å². The molecule has 14 rings (SSSR count). The van der Waals surface area contributed by atoms with E-state index in [0.717, 1.165) is 71.6 Å². The van der Waals surface area contributed by atoms with E-state index in [0.29, 0.717) is 0 Å². The number of fused-ring (bicyclic) bond motifs is 11. The third-order valence-corrected chi connectivity index (χ3v) is 13.8. The van der Waals surface area contributed by atoms with Crippen LogP contribution in [0.2, 0.25) is 0 Å². The predicted octanol–water partition coefficient (Wildman–Crippen LogP) is 15.4. The number of pyridine rings is 1. The minimum atomic E-state index is 0.0152. The fourth-order valence-electron chi connectivity index (χ4n) is 10.9. The summed E-state index contributed by atoms with van der Waals surface area (Å²) < 4.78 is 6.70. The highest BCUT2D eigenvalue weighted by atomic mass is 16.1.